The van der Waals surface area contributed by atoms with E-state index in [0.29, 0.717) is 6.54 Å². The van der Waals surface area contributed by atoms with E-state index in [1.807, 2.05) is 0 Å². The molecule has 5 nitrogen and oxygen atoms in total. The lowest BCUT2D eigenvalue weighted by atomic mass is 9.96. The topological polar surface area (TPSA) is 58.4 Å². The van der Waals surface area contributed by atoms with Crippen LogP contribution in [0.25, 0.3) is 0 Å². The fourth-order valence-corrected chi connectivity index (χ4v) is 3.06. The number of nitro groups is 1. The van der Waals surface area contributed by atoms with Gasteiger partial charge in [0.05, 0.1) is 4.92 Å². The summed E-state index contributed by atoms with van der Waals surface area (Å²) in [6, 6.07) is 4.07. The van der Waals surface area contributed by atoms with Crippen molar-refractivity contribution >= 4 is 5.69 Å². The lowest BCUT2D eigenvalue weighted by Crippen LogP contribution is -2.49. The van der Waals surface area contributed by atoms with E-state index in [2.05, 4.69) is 24.3 Å². The fourth-order valence-electron chi connectivity index (χ4n) is 3.06. The van der Waals surface area contributed by atoms with Gasteiger partial charge in [-0.1, -0.05) is 18.9 Å². The Balaban J connectivity index is 1.94. The first kappa shape index (κ1) is 15.9. The maximum Gasteiger partial charge on any atom is 0.304 e. The van der Waals surface area contributed by atoms with E-state index in [1.54, 1.807) is 6.07 Å². The van der Waals surface area contributed by atoms with E-state index in [4.69, 9.17) is 0 Å². The highest BCUT2D eigenvalue weighted by molar-refractivity contribution is 5.34. The summed E-state index contributed by atoms with van der Waals surface area (Å²) in [6.45, 7) is 1.36. The number of hydrogen-bond acceptors (Lipinski definition) is 4. The molecular weight excluding hydrogens is 273 g/mol. The molecule has 0 heterocycles. The second-order valence-electron chi connectivity index (χ2n) is 5.97. The van der Waals surface area contributed by atoms with Gasteiger partial charge in [0.2, 0.25) is 5.82 Å². The molecule has 0 aliphatic heterocycles. The second-order valence-corrected chi connectivity index (χ2v) is 5.97. The van der Waals surface area contributed by atoms with Gasteiger partial charge < -0.3 is 10.2 Å². The molecule has 1 aromatic rings. The number of nitrogens with zero attached hydrogens (tertiary/aromatic N) is 2. The molecular formula is C15H22FN3O2. The maximum atomic E-state index is 13.6. The average molecular weight is 295 g/mol. The van der Waals surface area contributed by atoms with Crippen molar-refractivity contribution in [2.75, 3.05) is 20.6 Å². The van der Waals surface area contributed by atoms with Gasteiger partial charge in [-0.15, -0.1) is 0 Å². The zero-order valence-electron chi connectivity index (χ0n) is 12.6. The lowest BCUT2D eigenvalue weighted by molar-refractivity contribution is -0.387. The average Bonchev–Trinajstić information content (AvgIpc) is 2.88. The van der Waals surface area contributed by atoms with Gasteiger partial charge >= 0.3 is 5.69 Å². The minimum absolute atomic E-state index is 0.180. The summed E-state index contributed by atoms with van der Waals surface area (Å²) >= 11 is 0. The molecule has 21 heavy (non-hydrogen) atoms. The van der Waals surface area contributed by atoms with Crippen molar-refractivity contribution in [1.82, 2.24) is 10.2 Å². The van der Waals surface area contributed by atoms with Gasteiger partial charge in [-0.2, -0.15) is 4.39 Å². The quantitative estimate of drug-likeness (QED) is 0.647. The summed E-state index contributed by atoms with van der Waals surface area (Å²) in [5.74, 6) is -0.775. The second kappa shape index (κ2) is 6.49. The smallest absolute Gasteiger partial charge is 0.304 e. The summed E-state index contributed by atoms with van der Waals surface area (Å²) in [4.78, 5) is 12.1. The molecule has 1 fully saturated rings. The highest BCUT2D eigenvalue weighted by Crippen LogP contribution is 2.33. The summed E-state index contributed by atoms with van der Waals surface area (Å²) < 4.78 is 13.6. The monoisotopic (exact) mass is 295 g/mol. The van der Waals surface area contributed by atoms with Gasteiger partial charge in [-0.3, -0.25) is 10.1 Å². The molecule has 1 saturated carbocycles. The SMILES string of the molecule is CN(C)C1(CNCc2ccc([N+](=O)[O-])c(F)c2)CCCC1. The highest BCUT2D eigenvalue weighted by atomic mass is 19.1. The number of nitro benzene ring substituents is 1. The van der Waals surface area contributed by atoms with Crippen LogP contribution >= 0.6 is 0 Å². The molecule has 0 aromatic heterocycles. The number of hydrogen-bond donors (Lipinski definition) is 1. The Kier molecular flexibility index (Phi) is 4.90. The first-order valence-corrected chi connectivity index (χ1v) is 7.26. The Morgan fingerprint density at radius 3 is 2.57 bits per heavy atom. The van der Waals surface area contributed by atoms with E-state index >= 15 is 0 Å². The normalized spacial score (nSPS) is 17.3. The van der Waals surface area contributed by atoms with Crippen molar-refractivity contribution in [3.8, 4) is 0 Å². The number of likely N-dealkylation sites (N-methyl/N-ethyl adjacent to an activating group) is 1. The van der Waals surface area contributed by atoms with Crippen LogP contribution in [-0.4, -0.2) is 36.0 Å². The first-order chi connectivity index (χ1) is 9.94. The zero-order valence-corrected chi connectivity index (χ0v) is 12.6. The van der Waals surface area contributed by atoms with Crippen LogP contribution in [0.2, 0.25) is 0 Å². The molecule has 0 saturated heterocycles. The van der Waals surface area contributed by atoms with Crippen LogP contribution < -0.4 is 5.32 Å². The Hall–Kier alpha value is -1.53. The van der Waals surface area contributed by atoms with E-state index in [9.17, 15) is 14.5 Å². The van der Waals surface area contributed by atoms with Crippen molar-refractivity contribution in [2.45, 2.75) is 37.8 Å². The molecule has 6 heteroatoms. The van der Waals surface area contributed by atoms with Crippen LogP contribution in [0, 0.1) is 15.9 Å². The Morgan fingerprint density at radius 1 is 1.38 bits per heavy atom. The summed E-state index contributed by atoms with van der Waals surface area (Å²) in [5.41, 5.74) is 0.434. The van der Waals surface area contributed by atoms with E-state index in [-0.39, 0.29) is 5.54 Å². The molecule has 0 atom stereocenters. The van der Waals surface area contributed by atoms with E-state index in [0.717, 1.165) is 12.1 Å². The van der Waals surface area contributed by atoms with E-state index in [1.165, 1.54) is 37.8 Å². The predicted molar refractivity (Wildman–Crippen MR) is 79.6 cm³/mol. The maximum absolute atomic E-state index is 13.6. The molecule has 1 aliphatic carbocycles. The number of rotatable bonds is 6. The molecule has 0 bridgehead atoms. The Labute approximate surface area is 124 Å². The fraction of sp³-hybridized carbons (Fsp3) is 0.600. The summed E-state index contributed by atoms with van der Waals surface area (Å²) in [7, 11) is 4.19. The van der Waals surface area contributed by atoms with E-state index < -0.39 is 16.4 Å². The van der Waals surface area contributed by atoms with Crippen molar-refractivity contribution in [3.05, 3.63) is 39.7 Å². The molecule has 1 aromatic carbocycles. The minimum atomic E-state index is -0.775. The van der Waals surface area contributed by atoms with Crippen LogP contribution in [0.5, 0.6) is 0 Å². The summed E-state index contributed by atoms with van der Waals surface area (Å²) in [6.07, 6.45) is 4.82. The van der Waals surface area contributed by atoms with Crippen LogP contribution in [0.15, 0.2) is 18.2 Å². The largest absolute Gasteiger partial charge is 0.311 e. The molecule has 0 spiro atoms. The van der Waals surface area contributed by atoms with Gasteiger partial charge in [0.25, 0.3) is 0 Å². The molecule has 0 radical (unpaired) electrons. The number of halogens is 1. The van der Waals surface area contributed by atoms with Crippen LogP contribution in [0.4, 0.5) is 10.1 Å². The van der Waals surface area contributed by atoms with Crippen LogP contribution in [0.1, 0.15) is 31.2 Å². The van der Waals surface area contributed by atoms with Gasteiger partial charge in [0.1, 0.15) is 0 Å². The summed E-state index contributed by atoms with van der Waals surface area (Å²) in [5, 5.41) is 13.9. The molecule has 1 aliphatic rings. The minimum Gasteiger partial charge on any atom is -0.311 e. The van der Waals surface area contributed by atoms with Gasteiger partial charge in [-0.05, 0) is 38.6 Å². The number of benzene rings is 1. The third-order valence-corrected chi connectivity index (χ3v) is 4.47. The zero-order chi connectivity index (χ0) is 15.5. The molecule has 1 N–H and O–H groups in total. The number of nitrogens with one attached hydrogen (secondary N) is 1. The predicted octanol–water partition coefficient (Wildman–Crippen LogP) is 2.70. The third kappa shape index (κ3) is 3.57. The van der Waals surface area contributed by atoms with Crippen molar-refractivity contribution < 1.29 is 9.31 Å². The lowest BCUT2D eigenvalue weighted by Gasteiger charge is -2.36. The molecule has 2 rings (SSSR count). The van der Waals surface area contributed by atoms with Crippen molar-refractivity contribution in [3.63, 3.8) is 0 Å². The standard InChI is InChI=1S/C15H22FN3O2/c1-18(2)15(7-3-4-8-15)11-17-10-12-5-6-14(19(20)21)13(16)9-12/h5-6,9,17H,3-4,7-8,10-11H2,1-2H3. The third-order valence-electron chi connectivity index (χ3n) is 4.47. The van der Waals surface area contributed by atoms with Crippen LogP contribution in [0.3, 0.4) is 0 Å². The first-order valence-electron chi connectivity index (χ1n) is 7.26. The van der Waals surface area contributed by atoms with Gasteiger partial charge in [0.15, 0.2) is 0 Å². The molecule has 0 unspecified atom stereocenters. The van der Waals surface area contributed by atoms with Crippen LogP contribution in [-0.2, 0) is 6.54 Å². The van der Waals surface area contributed by atoms with Gasteiger partial charge in [-0.25, -0.2) is 0 Å². The van der Waals surface area contributed by atoms with Crippen molar-refractivity contribution in [1.29, 1.82) is 0 Å². The Morgan fingerprint density at radius 2 is 2.05 bits per heavy atom. The molecule has 116 valence electrons. The van der Waals surface area contributed by atoms with Crippen molar-refractivity contribution in [2.24, 2.45) is 0 Å². The molecule has 0 amide bonds. The highest BCUT2D eigenvalue weighted by Gasteiger charge is 2.35. The Bertz CT molecular complexity index is 514. The van der Waals surface area contributed by atoms with Gasteiger partial charge in [0, 0.05) is 24.7 Å².